The Morgan fingerprint density at radius 3 is 2.46 bits per heavy atom. The van der Waals surface area contributed by atoms with Crippen molar-refractivity contribution in [2.75, 3.05) is 11.4 Å². The number of quaternary nitrogens is 1. The van der Waals surface area contributed by atoms with Crippen molar-refractivity contribution >= 4 is 29.1 Å². The monoisotopic (exact) mass is 341 g/mol. The van der Waals surface area contributed by atoms with Gasteiger partial charge in [-0.25, -0.2) is 4.90 Å². The number of halogens is 1. The molecule has 1 unspecified atom stereocenters. The average Bonchev–Trinajstić information content (AvgIpc) is 2.90. The molecule has 5 heteroatoms. The van der Waals surface area contributed by atoms with E-state index in [1.165, 1.54) is 20.9 Å². The first-order valence-electron chi connectivity index (χ1n) is 8.17. The molecule has 0 bridgehead atoms. The average molecular weight is 342 g/mol. The maximum atomic E-state index is 12.9. The number of amides is 2. The van der Waals surface area contributed by atoms with Crippen molar-refractivity contribution in [2.45, 2.75) is 25.4 Å². The van der Waals surface area contributed by atoms with Crippen LogP contribution in [0.4, 0.5) is 5.69 Å². The summed E-state index contributed by atoms with van der Waals surface area (Å²) in [6.45, 7) is 1.68. The lowest BCUT2D eigenvalue weighted by molar-refractivity contribution is -0.930. The predicted molar refractivity (Wildman–Crippen MR) is 92.0 cm³/mol. The van der Waals surface area contributed by atoms with Crippen LogP contribution in [0, 0.1) is 0 Å². The van der Waals surface area contributed by atoms with Crippen LogP contribution in [0.25, 0.3) is 0 Å². The van der Waals surface area contributed by atoms with Gasteiger partial charge in [0.25, 0.3) is 5.91 Å². The fourth-order valence-corrected chi connectivity index (χ4v) is 3.84. The normalized spacial score (nSPS) is 23.5. The summed E-state index contributed by atoms with van der Waals surface area (Å²) in [6.07, 6.45) is 1.23. The molecule has 2 heterocycles. The standard InChI is InChI=1S/C19H17ClN2O2/c20-15-5-7-16(8-6-15)22-18(23)11-17(19(22)24)21-10-9-13-3-1-2-4-14(13)12-21/h1-8,17H,9-12H2/p+1/t17-/m1/s1. The van der Waals surface area contributed by atoms with E-state index in [1.807, 2.05) is 6.07 Å². The van der Waals surface area contributed by atoms with Crippen LogP contribution in [0.2, 0.25) is 5.02 Å². The molecule has 24 heavy (non-hydrogen) atoms. The Hall–Kier alpha value is -2.17. The van der Waals surface area contributed by atoms with Crippen LogP contribution >= 0.6 is 11.6 Å². The van der Waals surface area contributed by atoms with Gasteiger partial charge < -0.3 is 4.90 Å². The van der Waals surface area contributed by atoms with Crippen molar-refractivity contribution in [1.82, 2.24) is 0 Å². The van der Waals surface area contributed by atoms with Gasteiger partial charge in [-0.1, -0.05) is 35.9 Å². The van der Waals surface area contributed by atoms with Crippen molar-refractivity contribution in [3.8, 4) is 0 Å². The molecule has 2 aliphatic heterocycles. The summed E-state index contributed by atoms with van der Waals surface area (Å²) in [6, 6.07) is 14.9. The quantitative estimate of drug-likeness (QED) is 0.843. The second-order valence-electron chi connectivity index (χ2n) is 6.40. The Labute approximate surface area is 145 Å². The molecule has 2 aliphatic rings. The summed E-state index contributed by atoms with van der Waals surface area (Å²) >= 11 is 5.90. The number of fused-ring (bicyclic) bond motifs is 1. The molecule has 4 nitrogen and oxygen atoms in total. The summed E-state index contributed by atoms with van der Waals surface area (Å²) in [5.41, 5.74) is 3.24. The first kappa shape index (κ1) is 15.4. The number of imide groups is 1. The van der Waals surface area contributed by atoms with E-state index in [9.17, 15) is 9.59 Å². The zero-order valence-corrected chi connectivity index (χ0v) is 13.9. The summed E-state index contributed by atoms with van der Waals surface area (Å²) in [5.74, 6) is -0.226. The number of nitrogens with zero attached hydrogens (tertiary/aromatic N) is 1. The number of carbonyl (C=O) groups is 2. The predicted octanol–water partition coefficient (Wildman–Crippen LogP) is 1.61. The van der Waals surface area contributed by atoms with Crippen molar-refractivity contribution in [3.63, 3.8) is 0 Å². The molecule has 1 fully saturated rings. The molecule has 4 rings (SSSR count). The number of nitrogens with one attached hydrogen (secondary N) is 1. The molecular formula is C19H18ClN2O2+. The van der Waals surface area contributed by atoms with Crippen molar-refractivity contribution < 1.29 is 14.5 Å². The van der Waals surface area contributed by atoms with Gasteiger partial charge in [-0.3, -0.25) is 9.59 Å². The third kappa shape index (κ3) is 2.62. The van der Waals surface area contributed by atoms with Crippen molar-refractivity contribution in [1.29, 1.82) is 0 Å². The van der Waals surface area contributed by atoms with Crippen molar-refractivity contribution in [3.05, 3.63) is 64.7 Å². The van der Waals surface area contributed by atoms with E-state index < -0.39 is 0 Å². The van der Waals surface area contributed by atoms with Crippen LogP contribution < -0.4 is 9.80 Å². The van der Waals surface area contributed by atoms with Crippen LogP contribution in [0.1, 0.15) is 17.5 Å². The van der Waals surface area contributed by atoms with Gasteiger partial charge in [-0.05, 0) is 29.8 Å². The first-order valence-corrected chi connectivity index (χ1v) is 8.55. The van der Waals surface area contributed by atoms with Gasteiger partial charge in [0.2, 0.25) is 5.91 Å². The fraction of sp³-hybridized carbons (Fsp3) is 0.263. The number of hydrogen-bond donors (Lipinski definition) is 1. The molecule has 2 aromatic carbocycles. The maximum absolute atomic E-state index is 12.9. The minimum Gasteiger partial charge on any atom is -0.320 e. The molecule has 0 aliphatic carbocycles. The molecule has 0 radical (unpaired) electrons. The molecule has 0 aromatic heterocycles. The molecular weight excluding hydrogens is 324 g/mol. The third-order valence-corrected chi connectivity index (χ3v) is 5.23. The van der Waals surface area contributed by atoms with Gasteiger partial charge in [0.15, 0.2) is 6.04 Å². The number of rotatable bonds is 2. The van der Waals surface area contributed by atoms with Crippen molar-refractivity contribution in [2.24, 2.45) is 0 Å². The molecule has 2 amide bonds. The molecule has 0 spiro atoms. The highest BCUT2D eigenvalue weighted by Gasteiger charge is 2.46. The lowest BCUT2D eigenvalue weighted by atomic mass is 9.98. The van der Waals surface area contributed by atoms with Gasteiger partial charge in [-0.2, -0.15) is 0 Å². The lowest BCUT2D eigenvalue weighted by Crippen LogP contribution is -3.16. The van der Waals surface area contributed by atoms with E-state index in [-0.39, 0.29) is 24.3 Å². The molecule has 1 saturated heterocycles. The second-order valence-corrected chi connectivity index (χ2v) is 6.84. The minimum atomic E-state index is -0.290. The van der Waals surface area contributed by atoms with E-state index in [0.717, 1.165) is 19.5 Å². The Morgan fingerprint density at radius 2 is 1.71 bits per heavy atom. The third-order valence-electron chi connectivity index (χ3n) is 4.98. The Morgan fingerprint density at radius 1 is 1.00 bits per heavy atom. The van der Waals surface area contributed by atoms with E-state index >= 15 is 0 Å². The highest BCUT2D eigenvalue weighted by atomic mass is 35.5. The van der Waals surface area contributed by atoms with Crippen LogP contribution in [-0.2, 0) is 22.6 Å². The summed E-state index contributed by atoms with van der Waals surface area (Å²) in [5, 5.41) is 0.590. The van der Waals surface area contributed by atoms with Crippen LogP contribution in [0.15, 0.2) is 48.5 Å². The fourth-order valence-electron chi connectivity index (χ4n) is 3.71. The van der Waals surface area contributed by atoms with E-state index in [4.69, 9.17) is 11.6 Å². The van der Waals surface area contributed by atoms with Crippen LogP contribution in [-0.4, -0.2) is 24.4 Å². The Balaban J connectivity index is 1.57. The van der Waals surface area contributed by atoms with Crippen LogP contribution in [0.5, 0.6) is 0 Å². The summed E-state index contributed by atoms with van der Waals surface area (Å²) in [4.78, 5) is 27.8. The summed E-state index contributed by atoms with van der Waals surface area (Å²) in [7, 11) is 0. The molecule has 122 valence electrons. The number of anilines is 1. The topological polar surface area (TPSA) is 41.8 Å². The SMILES string of the molecule is O=C1C[C@@H]([NH+]2CCc3ccccc3C2)C(=O)N1c1ccc(Cl)cc1. The first-order chi connectivity index (χ1) is 11.6. The number of hydrogen-bond acceptors (Lipinski definition) is 2. The number of carbonyl (C=O) groups excluding carboxylic acids is 2. The molecule has 2 aromatic rings. The molecule has 0 saturated carbocycles. The highest BCUT2D eigenvalue weighted by molar-refractivity contribution is 6.30. The van der Waals surface area contributed by atoms with E-state index in [2.05, 4.69) is 18.2 Å². The maximum Gasteiger partial charge on any atom is 0.292 e. The zero-order valence-electron chi connectivity index (χ0n) is 13.2. The minimum absolute atomic E-state index is 0.100. The highest BCUT2D eigenvalue weighted by Crippen LogP contribution is 2.24. The van der Waals surface area contributed by atoms with Gasteiger partial charge in [0, 0.05) is 17.0 Å². The van der Waals surface area contributed by atoms with E-state index in [0.29, 0.717) is 10.7 Å². The lowest BCUT2D eigenvalue weighted by Gasteiger charge is -2.29. The summed E-state index contributed by atoms with van der Waals surface area (Å²) < 4.78 is 0. The smallest absolute Gasteiger partial charge is 0.292 e. The van der Waals surface area contributed by atoms with E-state index in [1.54, 1.807) is 24.3 Å². The zero-order chi connectivity index (χ0) is 16.7. The Kier molecular flexibility index (Phi) is 3.87. The number of benzene rings is 2. The largest absolute Gasteiger partial charge is 0.320 e. The van der Waals surface area contributed by atoms with Gasteiger partial charge >= 0.3 is 0 Å². The van der Waals surface area contributed by atoms with Gasteiger partial charge in [0.1, 0.15) is 6.54 Å². The van der Waals surface area contributed by atoms with Gasteiger partial charge in [0.05, 0.1) is 18.7 Å². The van der Waals surface area contributed by atoms with Gasteiger partial charge in [-0.15, -0.1) is 0 Å². The second kappa shape index (κ2) is 6.04. The van der Waals surface area contributed by atoms with Crippen LogP contribution in [0.3, 0.4) is 0 Å². The molecule has 1 N–H and O–H groups in total. The Bertz CT molecular complexity index is 803. The molecule has 2 atom stereocenters.